The van der Waals surface area contributed by atoms with Crippen molar-refractivity contribution in [2.24, 2.45) is 7.05 Å². The fourth-order valence-corrected chi connectivity index (χ4v) is 3.20. The Kier molecular flexibility index (Phi) is 5.25. The van der Waals surface area contributed by atoms with Gasteiger partial charge in [-0.15, -0.1) is 0 Å². The molecule has 2 heterocycles. The van der Waals surface area contributed by atoms with Gasteiger partial charge in [0.2, 0.25) is 11.9 Å². The van der Waals surface area contributed by atoms with E-state index in [9.17, 15) is 9.18 Å². The predicted molar refractivity (Wildman–Crippen MR) is 92.3 cm³/mol. The van der Waals surface area contributed by atoms with Crippen LogP contribution in [0.3, 0.4) is 0 Å². The van der Waals surface area contributed by atoms with Crippen molar-refractivity contribution in [3.8, 4) is 0 Å². The van der Waals surface area contributed by atoms with Crippen LogP contribution >= 0.6 is 15.9 Å². The smallest absolute Gasteiger partial charge is 0.231 e. The quantitative estimate of drug-likeness (QED) is 0.833. The van der Waals surface area contributed by atoms with Gasteiger partial charge in [-0.1, -0.05) is 15.9 Å². The van der Waals surface area contributed by atoms with Gasteiger partial charge >= 0.3 is 0 Å². The normalized spacial score (nSPS) is 15.5. The molecular weight excluding hydrogens is 377 g/mol. The number of carbonyl (C=O) groups is 1. The maximum atomic E-state index is 13.8. The van der Waals surface area contributed by atoms with Crippen molar-refractivity contribution in [1.82, 2.24) is 20.1 Å². The zero-order valence-electron chi connectivity index (χ0n) is 13.4. The Hall–Kier alpha value is -1.80. The number of piperidine rings is 1. The van der Waals surface area contributed by atoms with Crippen LogP contribution in [0.4, 0.5) is 10.3 Å². The number of hydrogen-bond acceptors (Lipinski definition) is 4. The lowest BCUT2D eigenvalue weighted by molar-refractivity contribution is -0.115. The number of aromatic nitrogens is 3. The van der Waals surface area contributed by atoms with E-state index < -0.39 is 5.82 Å². The van der Waals surface area contributed by atoms with E-state index in [0.717, 1.165) is 36.2 Å². The van der Waals surface area contributed by atoms with E-state index >= 15 is 0 Å². The topological polar surface area (TPSA) is 71.8 Å². The number of amides is 1. The summed E-state index contributed by atoms with van der Waals surface area (Å²) in [5, 5.41) is 10.4. The number of nitrogens with one attached hydrogen (secondary N) is 2. The lowest BCUT2D eigenvalue weighted by Gasteiger charge is -2.19. The third-order valence-corrected chi connectivity index (χ3v) is 4.59. The summed E-state index contributed by atoms with van der Waals surface area (Å²) in [6.07, 6.45) is 1.92. The van der Waals surface area contributed by atoms with Gasteiger partial charge in [-0.2, -0.15) is 10.1 Å². The van der Waals surface area contributed by atoms with Gasteiger partial charge in [0.05, 0.1) is 6.42 Å². The van der Waals surface area contributed by atoms with Crippen LogP contribution < -0.4 is 10.6 Å². The van der Waals surface area contributed by atoms with Crippen molar-refractivity contribution < 1.29 is 9.18 Å². The highest BCUT2D eigenvalue weighted by Crippen LogP contribution is 2.23. The largest absolute Gasteiger partial charge is 0.317 e. The minimum Gasteiger partial charge on any atom is -0.317 e. The van der Waals surface area contributed by atoms with E-state index in [2.05, 4.69) is 36.6 Å². The summed E-state index contributed by atoms with van der Waals surface area (Å²) in [5.74, 6) is 0.735. The average molecular weight is 396 g/mol. The molecule has 1 saturated heterocycles. The van der Waals surface area contributed by atoms with Crippen molar-refractivity contribution >= 4 is 27.8 Å². The Balaban J connectivity index is 1.68. The molecular formula is C16H19BrFN5O. The second-order valence-corrected chi connectivity index (χ2v) is 6.82. The summed E-state index contributed by atoms with van der Waals surface area (Å²) in [6, 6.07) is 4.54. The lowest BCUT2D eigenvalue weighted by Crippen LogP contribution is -2.27. The number of nitrogens with zero attached hydrogens (tertiary/aromatic N) is 3. The predicted octanol–water partition coefficient (Wildman–Crippen LogP) is 2.36. The zero-order valence-corrected chi connectivity index (χ0v) is 14.9. The fraction of sp³-hybridized carbons (Fsp3) is 0.438. The minimum absolute atomic E-state index is 0.0547. The monoisotopic (exact) mass is 395 g/mol. The van der Waals surface area contributed by atoms with Crippen LogP contribution in [0.2, 0.25) is 0 Å². The van der Waals surface area contributed by atoms with Crippen LogP contribution in [-0.4, -0.2) is 33.8 Å². The molecule has 1 aliphatic rings. The highest BCUT2D eigenvalue weighted by Gasteiger charge is 2.21. The molecule has 0 unspecified atom stereocenters. The molecule has 1 fully saturated rings. The average Bonchev–Trinajstić information content (AvgIpc) is 2.92. The summed E-state index contributed by atoms with van der Waals surface area (Å²) >= 11 is 3.28. The minimum atomic E-state index is -0.401. The van der Waals surface area contributed by atoms with Crippen LogP contribution in [0.5, 0.6) is 0 Å². The third-order valence-electron chi connectivity index (χ3n) is 4.09. The molecule has 0 radical (unpaired) electrons. The van der Waals surface area contributed by atoms with Crippen molar-refractivity contribution in [3.05, 3.63) is 39.9 Å². The van der Waals surface area contributed by atoms with Gasteiger partial charge in [0, 0.05) is 17.4 Å². The molecule has 0 atom stereocenters. The van der Waals surface area contributed by atoms with Crippen molar-refractivity contribution in [3.63, 3.8) is 0 Å². The number of carbonyl (C=O) groups excluding carboxylic acids is 1. The number of halogens is 2. The molecule has 1 aromatic heterocycles. The van der Waals surface area contributed by atoms with Gasteiger partial charge in [0.25, 0.3) is 0 Å². The third kappa shape index (κ3) is 3.99. The molecule has 0 aliphatic carbocycles. The first-order valence-electron chi connectivity index (χ1n) is 7.88. The van der Waals surface area contributed by atoms with Crippen molar-refractivity contribution in [2.75, 3.05) is 18.4 Å². The maximum Gasteiger partial charge on any atom is 0.231 e. The molecule has 8 heteroatoms. The van der Waals surface area contributed by atoms with Crippen molar-refractivity contribution in [1.29, 1.82) is 0 Å². The van der Waals surface area contributed by atoms with E-state index in [4.69, 9.17) is 0 Å². The van der Waals surface area contributed by atoms with Gasteiger partial charge in [-0.05, 0) is 49.7 Å². The lowest BCUT2D eigenvalue weighted by atomic mass is 9.98. The van der Waals surface area contributed by atoms with Crippen LogP contribution in [-0.2, 0) is 18.3 Å². The maximum absolute atomic E-state index is 13.8. The molecule has 0 spiro atoms. The van der Waals surface area contributed by atoms with E-state index in [1.807, 2.05) is 0 Å². The number of aryl methyl sites for hydroxylation is 1. The molecule has 1 amide bonds. The second-order valence-electron chi connectivity index (χ2n) is 5.90. The summed E-state index contributed by atoms with van der Waals surface area (Å²) in [5.41, 5.74) is 0.336. The van der Waals surface area contributed by atoms with Gasteiger partial charge in [0.1, 0.15) is 5.82 Å². The van der Waals surface area contributed by atoms with Crippen molar-refractivity contribution in [2.45, 2.75) is 25.2 Å². The molecule has 0 saturated carbocycles. The Morgan fingerprint density at radius 2 is 2.21 bits per heavy atom. The first kappa shape index (κ1) is 17.0. The van der Waals surface area contributed by atoms with Crippen LogP contribution in [0, 0.1) is 5.82 Å². The van der Waals surface area contributed by atoms with Crippen LogP contribution in [0.1, 0.15) is 30.1 Å². The first-order valence-corrected chi connectivity index (χ1v) is 8.67. The molecule has 1 aromatic carbocycles. The Morgan fingerprint density at radius 1 is 1.46 bits per heavy atom. The highest BCUT2D eigenvalue weighted by molar-refractivity contribution is 9.10. The highest BCUT2D eigenvalue weighted by atomic mass is 79.9. The molecule has 6 nitrogen and oxygen atoms in total. The Labute approximate surface area is 148 Å². The van der Waals surface area contributed by atoms with Gasteiger partial charge in [-0.3, -0.25) is 10.1 Å². The summed E-state index contributed by atoms with van der Waals surface area (Å²) in [6.45, 7) is 1.90. The molecule has 24 heavy (non-hydrogen) atoms. The summed E-state index contributed by atoms with van der Waals surface area (Å²) < 4.78 is 16.1. The molecule has 2 N–H and O–H groups in total. The molecule has 2 aromatic rings. The van der Waals surface area contributed by atoms with Gasteiger partial charge < -0.3 is 5.32 Å². The molecule has 3 rings (SSSR count). The number of anilines is 1. The Morgan fingerprint density at radius 3 is 2.96 bits per heavy atom. The van der Waals surface area contributed by atoms with E-state index in [-0.39, 0.29) is 12.3 Å². The van der Waals surface area contributed by atoms with E-state index in [1.165, 1.54) is 6.07 Å². The summed E-state index contributed by atoms with van der Waals surface area (Å²) in [4.78, 5) is 16.6. The fourth-order valence-electron chi connectivity index (χ4n) is 2.79. The first-order chi connectivity index (χ1) is 11.5. The number of hydrogen-bond donors (Lipinski definition) is 2. The zero-order chi connectivity index (χ0) is 17.1. The van der Waals surface area contributed by atoms with Gasteiger partial charge in [-0.25, -0.2) is 9.07 Å². The van der Waals surface area contributed by atoms with E-state index in [1.54, 1.807) is 23.9 Å². The molecule has 0 bridgehead atoms. The number of rotatable bonds is 4. The molecule has 128 valence electrons. The summed E-state index contributed by atoms with van der Waals surface area (Å²) in [7, 11) is 1.74. The van der Waals surface area contributed by atoms with Crippen LogP contribution in [0.25, 0.3) is 0 Å². The SMILES string of the molecule is Cn1nc(C2CCNCC2)nc1NC(=O)Cc1cc(Br)ccc1F. The van der Waals surface area contributed by atoms with Gasteiger partial charge in [0.15, 0.2) is 5.82 Å². The van der Waals surface area contributed by atoms with E-state index in [0.29, 0.717) is 17.4 Å². The van der Waals surface area contributed by atoms with Crippen LogP contribution in [0.15, 0.2) is 22.7 Å². The second kappa shape index (κ2) is 7.40. The Bertz CT molecular complexity index is 742. The standard InChI is InChI=1S/C16H19BrFN5O/c1-23-16(21-15(22-23)10-4-6-19-7-5-10)20-14(24)9-11-8-12(17)2-3-13(11)18/h2-3,8,10,19H,4-7,9H2,1H3,(H,20,21,22,24). The number of benzene rings is 1. The molecule has 1 aliphatic heterocycles.